The van der Waals surface area contributed by atoms with E-state index < -0.39 is 0 Å². The number of rotatable bonds is 4. The maximum atomic E-state index is 12.6. The van der Waals surface area contributed by atoms with Crippen LogP contribution in [0.2, 0.25) is 0 Å². The van der Waals surface area contributed by atoms with Crippen LogP contribution in [0.15, 0.2) is 53.4 Å². The lowest BCUT2D eigenvalue weighted by atomic mass is 10.1. The number of hydrogen-bond acceptors (Lipinski definition) is 4. The first-order valence-electron chi connectivity index (χ1n) is 8.11. The van der Waals surface area contributed by atoms with Gasteiger partial charge in [0.2, 0.25) is 5.91 Å². The predicted molar refractivity (Wildman–Crippen MR) is 111 cm³/mol. The molecule has 1 saturated heterocycles. The number of hydrogen-bond donors (Lipinski definition) is 1. The Morgan fingerprint density at radius 3 is 2.69 bits per heavy atom. The molecule has 0 spiro atoms. The van der Waals surface area contributed by atoms with E-state index in [0.29, 0.717) is 14.9 Å². The van der Waals surface area contributed by atoms with Gasteiger partial charge in [0.05, 0.1) is 4.91 Å². The van der Waals surface area contributed by atoms with Crippen molar-refractivity contribution in [2.45, 2.75) is 13.8 Å². The molecule has 1 N–H and O–H groups in total. The molecule has 0 radical (unpaired) electrons. The molecule has 0 aromatic heterocycles. The van der Waals surface area contributed by atoms with E-state index in [1.165, 1.54) is 16.7 Å². The topological polar surface area (TPSA) is 49.4 Å². The van der Waals surface area contributed by atoms with Crippen LogP contribution in [0.25, 0.3) is 6.08 Å². The molecule has 0 atom stereocenters. The zero-order valence-electron chi connectivity index (χ0n) is 14.5. The third kappa shape index (κ3) is 4.20. The second-order valence-corrected chi connectivity index (χ2v) is 7.72. The zero-order valence-corrected chi connectivity index (χ0v) is 16.1. The van der Waals surface area contributed by atoms with Gasteiger partial charge in [-0.15, -0.1) is 0 Å². The summed E-state index contributed by atoms with van der Waals surface area (Å²) in [6.45, 7) is 3.85. The number of thioether (sulfide) groups is 1. The van der Waals surface area contributed by atoms with E-state index in [2.05, 4.69) is 5.32 Å². The molecule has 0 unspecified atom stereocenters. The molecule has 0 saturated carbocycles. The first kappa shape index (κ1) is 18.4. The van der Waals surface area contributed by atoms with Gasteiger partial charge in [0, 0.05) is 5.69 Å². The standard InChI is InChI=1S/C20H18N2O2S2/c1-13-6-5-9-16(10-13)21-18(23)12-22-19(24)17(26-20(22)25)11-15-8-4-3-7-14(15)2/h3-11H,12H2,1-2H3,(H,21,23)/b17-11-. The first-order valence-corrected chi connectivity index (χ1v) is 9.34. The predicted octanol–water partition coefficient (Wildman–Crippen LogP) is 4.14. The second-order valence-electron chi connectivity index (χ2n) is 6.04. The molecule has 26 heavy (non-hydrogen) atoms. The maximum absolute atomic E-state index is 12.6. The highest BCUT2D eigenvalue weighted by Crippen LogP contribution is 2.32. The van der Waals surface area contributed by atoms with Crippen molar-refractivity contribution < 1.29 is 9.59 Å². The molecule has 132 valence electrons. The molecule has 0 aliphatic carbocycles. The van der Waals surface area contributed by atoms with Gasteiger partial charge in [0.15, 0.2) is 0 Å². The highest BCUT2D eigenvalue weighted by Gasteiger charge is 2.33. The normalized spacial score (nSPS) is 15.6. The highest BCUT2D eigenvalue weighted by atomic mass is 32.2. The van der Waals surface area contributed by atoms with Crippen molar-refractivity contribution in [1.82, 2.24) is 4.90 Å². The monoisotopic (exact) mass is 382 g/mol. The van der Waals surface area contributed by atoms with Crippen molar-refractivity contribution in [3.63, 3.8) is 0 Å². The van der Waals surface area contributed by atoms with Crippen LogP contribution in [0.1, 0.15) is 16.7 Å². The van der Waals surface area contributed by atoms with Crippen LogP contribution in [0.4, 0.5) is 5.69 Å². The Labute approximate surface area is 162 Å². The molecule has 1 heterocycles. The third-order valence-corrected chi connectivity index (χ3v) is 5.33. The van der Waals surface area contributed by atoms with E-state index in [1.807, 2.05) is 68.5 Å². The summed E-state index contributed by atoms with van der Waals surface area (Å²) < 4.78 is 0.397. The van der Waals surface area contributed by atoms with Crippen molar-refractivity contribution in [3.8, 4) is 0 Å². The van der Waals surface area contributed by atoms with Gasteiger partial charge in [0.25, 0.3) is 5.91 Å². The Balaban J connectivity index is 1.71. The number of nitrogens with zero attached hydrogens (tertiary/aromatic N) is 1. The minimum atomic E-state index is -0.274. The fourth-order valence-electron chi connectivity index (χ4n) is 2.59. The molecule has 6 heteroatoms. The lowest BCUT2D eigenvalue weighted by Crippen LogP contribution is -2.36. The van der Waals surface area contributed by atoms with Gasteiger partial charge in [-0.1, -0.05) is 60.4 Å². The number of thiocarbonyl (C=S) groups is 1. The van der Waals surface area contributed by atoms with E-state index >= 15 is 0 Å². The number of anilines is 1. The van der Waals surface area contributed by atoms with Crippen LogP contribution in [0.5, 0.6) is 0 Å². The van der Waals surface area contributed by atoms with Gasteiger partial charge in [-0.05, 0) is 48.7 Å². The summed E-state index contributed by atoms with van der Waals surface area (Å²) in [5.74, 6) is -0.508. The quantitative estimate of drug-likeness (QED) is 0.638. The molecule has 2 aromatic carbocycles. The van der Waals surface area contributed by atoms with Gasteiger partial charge in [-0.25, -0.2) is 0 Å². The van der Waals surface area contributed by atoms with Gasteiger partial charge in [0.1, 0.15) is 10.9 Å². The molecule has 2 amide bonds. The van der Waals surface area contributed by atoms with Crippen molar-refractivity contribution in [2.24, 2.45) is 0 Å². The minimum absolute atomic E-state index is 0.0935. The number of nitrogens with one attached hydrogen (secondary N) is 1. The summed E-state index contributed by atoms with van der Waals surface area (Å²) in [6.07, 6.45) is 1.83. The molecule has 2 aromatic rings. The fourth-order valence-corrected chi connectivity index (χ4v) is 3.84. The summed E-state index contributed by atoms with van der Waals surface area (Å²) in [7, 11) is 0. The largest absolute Gasteiger partial charge is 0.325 e. The minimum Gasteiger partial charge on any atom is -0.325 e. The Bertz CT molecular complexity index is 922. The lowest BCUT2D eigenvalue weighted by Gasteiger charge is -2.14. The Kier molecular flexibility index (Phi) is 5.54. The molecule has 1 aliphatic rings. The van der Waals surface area contributed by atoms with Crippen molar-refractivity contribution in [2.75, 3.05) is 11.9 Å². The molecule has 0 bridgehead atoms. The number of aryl methyl sites for hydroxylation is 2. The van der Waals surface area contributed by atoms with Crippen LogP contribution in [-0.4, -0.2) is 27.6 Å². The lowest BCUT2D eigenvalue weighted by molar-refractivity contribution is -0.126. The van der Waals surface area contributed by atoms with Crippen LogP contribution in [0, 0.1) is 13.8 Å². The number of benzene rings is 2. The van der Waals surface area contributed by atoms with Gasteiger partial charge in [-0.3, -0.25) is 14.5 Å². The first-order chi connectivity index (χ1) is 12.4. The van der Waals surface area contributed by atoms with E-state index in [4.69, 9.17) is 12.2 Å². The molecular formula is C20H18N2O2S2. The van der Waals surface area contributed by atoms with Crippen molar-refractivity contribution >= 4 is 51.9 Å². The van der Waals surface area contributed by atoms with Crippen molar-refractivity contribution in [3.05, 3.63) is 70.1 Å². The van der Waals surface area contributed by atoms with Crippen LogP contribution >= 0.6 is 24.0 Å². The summed E-state index contributed by atoms with van der Waals surface area (Å²) >= 11 is 6.52. The number of carbonyl (C=O) groups is 2. The average molecular weight is 383 g/mol. The zero-order chi connectivity index (χ0) is 18.7. The van der Waals surface area contributed by atoms with Gasteiger partial charge < -0.3 is 5.32 Å². The highest BCUT2D eigenvalue weighted by molar-refractivity contribution is 8.26. The van der Waals surface area contributed by atoms with E-state index in [1.54, 1.807) is 0 Å². The Hall–Kier alpha value is -2.44. The Morgan fingerprint density at radius 2 is 1.96 bits per heavy atom. The van der Waals surface area contributed by atoms with Crippen LogP contribution < -0.4 is 5.32 Å². The molecule has 1 aliphatic heterocycles. The van der Waals surface area contributed by atoms with Crippen LogP contribution in [-0.2, 0) is 9.59 Å². The third-order valence-electron chi connectivity index (χ3n) is 3.95. The summed E-state index contributed by atoms with van der Waals surface area (Å²) in [6, 6.07) is 15.3. The van der Waals surface area contributed by atoms with E-state index in [0.717, 1.165) is 16.7 Å². The molecule has 1 fully saturated rings. The average Bonchev–Trinajstić information content (AvgIpc) is 2.84. The molecule has 3 rings (SSSR count). The van der Waals surface area contributed by atoms with Gasteiger partial charge in [-0.2, -0.15) is 0 Å². The van der Waals surface area contributed by atoms with E-state index in [9.17, 15) is 9.59 Å². The SMILES string of the molecule is Cc1cccc(NC(=O)CN2C(=O)/C(=C/c3ccccc3C)SC2=S)c1. The van der Waals surface area contributed by atoms with E-state index in [-0.39, 0.29) is 18.4 Å². The summed E-state index contributed by atoms with van der Waals surface area (Å²) in [5.41, 5.74) is 3.80. The fraction of sp³-hybridized carbons (Fsp3) is 0.150. The molecular weight excluding hydrogens is 364 g/mol. The van der Waals surface area contributed by atoms with Gasteiger partial charge >= 0.3 is 0 Å². The van der Waals surface area contributed by atoms with Crippen LogP contribution in [0.3, 0.4) is 0 Å². The second kappa shape index (κ2) is 7.85. The summed E-state index contributed by atoms with van der Waals surface area (Å²) in [5, 5.41) is 2.80. The Morgan fingerprint density at radius 1 is 1.19 bits per heavy atom. The number of carbonyl (C=O) groups excluding carboxylic acids is 2. The maximum Gasteiger partial charge on any atom is 0.266 e. The number of amides is 2. The molecule has 4 nitrogen and oxygen atoms in total. The smallest absolute Gasteiger partial charge is 0.266 e. The van der Waals surface area contributed by atoms with Crippen molar-refractivity contribution in [1.29, 1.82) is 0 Å². The summed E-state index contributed by atoms with van der Waals surface area (Å²) in [4.78, 5) is 26.8.